The van der Waals surface area contributed by atoms with Crippen molar-refractivity contribution in [2.45, 2.75) is 0 Å². The van der Waals surface area contributed by atoms with E-state index in [1.807, 2.05) is 0 Å². The summed E-state index contributed by atoms with van der Waals surface area (Å²) < 4.78 is 0. The molecular formula is C7H7N5O. The lowest BCUT2D eigenvalue weighted by Crippen LogP contribution is -2.00. The first-order chi connectivity index (χ1) is 6.25. The van der Waals surface area contributed by atoms with Crippen molar-refractivity contribution in [3.8, 4) is 11.4 Å². The highest BCUT2D eigenvalue weighted by atomic mass is 16.1. The number of pyridine rings is 1. The molecule has 66 valence electrons. The quantitative estimate of drug-likeness (QED) is 0.558. The first kappa shape index (κ1) is 7.53. The number of hydrogen-bond acceptors (Lipinski definition) is 4. The highest BCUT2D eigenvalue weighted by Crippen LogP contribution is 2.13. The van der Waals surface area contributed by atoms with Gasteiger partial charge in [0.05, 0.1) is 5.69 Å². The van der Waals surface area contributed by atoms with Crippen LogP contribution in [0, 0.1) is 0 Å². The molecule has 0 fully saturated rings. The van der Waals surface area contributed by atoms with Crippen LogP contribution in [0.25, 0.3) is 11.4 Å². The van der Waals surface area contributed by atoms with Crippen molar-refractivity contribution in [3.05, 3.63) is 28.9 Å². The number of nitrogens with zero attached hydrogens (tertiary/aromatic N) is 2. The summed E-state index contributed by atoms with van der Waals surface area (Å²) in [5.41, 5.74) is 6.37. The number of hydrogen-bond donors (Lipinski definition) is 3. The normalized spacial score (nSPS) is 10.2. The molecule has 0 aliphatic rings. The zero-order valence-electron chi connectivity index (χ0n) is 6.61. The molecule has 13 heavy (non-hydrogen) atoms. The zero-order chi connectivity index (χ0) is 9.26. The Bertz CT molecular complexity index is 471. The lowest BCUT2D eigenvalue weighted by Gasteiger charge is -1.95. The van der Waals surface area contributed by atoms with Crippen molar-refractivity contribution >= 4 is 5.69 Å². The van der Waals surface area contributed by atoms with E-state index in [0.717, 1.165) is 0 Å². The molecule has 0 bridgehead atoms. The highest BCUT2D eigenvalue weighted by Gasteiger charge is 2.01. The Hall–Kier alpha value is -2.11. The number of anilines is 1. The lowest BCUT2D eigenvalue weighted by atomic mass is 10.2. The first-order valence-electron chi connectivity index (χ1n) is 3.61. The van der Waals surface area contributed by atoms with Gasteiger partial charge in [0.2, 0.25) is 0 Å². The number of aromatic nitrogens is 4. The van der Waals surface area contributed by atoms with Gasteiger partial charge in [-0.05, 0) is 6.07 Å². The highest BCUT2D eigenvalue weighted by molar-refractivity contribution is 5.58. The Morgan fingerprint density at radius 3 is 2.85 bits per heavy atom. The van der Waals surface area contributed by atoms with Gasteiger partial charge in [0, 0.05) is 18.0 Å². The van der Waals surface area contributed by atoms with Crippen LogP contribution in [0.15, 0.2) is 23.3 Å². The van der Waals surface area contributed by atoms with Gasteiger partial charge in [-0.15, -0.1) is 0 Å². The summed E-state index contributed by atoms with van der Waals surface area (Å²) in [6, 6.07) is 1.68. The summed E-state index contributed by atoms with van der Waals surface area (Å²) in [4.78, 5) is 17.1. The number of aromatic amines is 2. The lowest BCUT2D eigenvalue weighted by molar-refractivity contribution is 1.05. The molecule has 0 aliphatic heterocycles. The van der Waals surface area contributed by atoms with Gasteiger partial charge in [-0.2, -0.15) is 5.10 Å². The third kappa shape index (κ3) is 1.41. The van der Waals surface area contributed by atoms with E-state index in [-0.39, 0.29) is 5.69 Å². The molecule has 0 radical (unpaired) electrons. The van der Waals surface area contributed by atoms with Crippen LogP contribution in [-0.2, 0) is 0 Å². The Balaban J connectivity index is 2.52. The molecule has 0 spiro atoms. The first-order valence-corrected chi connectivity index (χ1v) is 3.61. The van der Waals surface area contributed by atoms with Crippen LogP contribution in [0.5, 0.6) is 0 Å². The molecule has 0 saturated carbocycles. The van der Waals surface area contributed by atoms with Crippen LogP contribution in [0.1, 0.15) is 0 Å². The van der Waals surface area contributed by atoms with Gasteiger partial charge in [0.1, 0.15) is 0 Å². The Morgan fingerprint density at radius 2 is 2.23 bits per heavy atom. The molecule has 0 unspecified atom stereocenters. The molecule has 2 aromatic heterocycles. The summed E-state index contributed by atoms with van der Waals surface area (Å²) in [6.45, 7) is 0. The van der Waals surface area contributed by atoms with Crippen molar-refractivity contribution < 1.29 is 0 Å². The third-order valence-electron chi connectivity index (χ3n) is 1.53. The molecule has 0 saturated heterocycles. The van der Waals surface area contributed by atoms with E-state index >= 15 is 0 Å². The Labute approximate surface area is 72.8 Å². The molecule has 0 aliphatic carbocycles. The average Bonchev–Trinajstić information content (AvgIpc) is 2.52. The summed E-state index contributed by atoms with van der Waals surface area (Å²) in [5, 5.41) is 6.00. The van der Waals surface area contributed by atoms with Crippen molar-refractivity contribution in [3.63, 3.8) is 0 Å². The maximum Gasteiger partial charge on any atom is 0.340 e. The van der Waals surface area contributed by atoms with E-state index in [1.54, 1.807) is 12.3 Å². The minimum atomic E-state index is -0.350. The predicted octanol–water partition coefficient (Wildman–Crippen LogP) is -0.258. The van der Waals surface area contributed by atoms with E-state index in [1.165, 1.54) is 6.20 Å². The second kappa shape index (κ2) is 2.74. The Morgan fingerprint density at radius 1 is 1.38 bits per heavy atom. The van der Waals surface area contributed by atoms with Gasteiger partial charge in [-0.1, -0.05) is 0 Å². The van der Waals surface area contributed by atoms with Crippen LogP contribution in [0.4, 0.5) is 5.69 Å². The van der Waals surface area contributed by atoms with Crippen LogP contribution >= 0.6 is 0 Å². The fourth-order valence-corrected chi connectivity index (χ4v) is 0.994. The van der Waals surface area contributed by atoms with Gasteiger partial charge >= 0.3 is 5.69 Å². The van der Waals surface area contributed by atoms with Gasteiger partial charge in [-0.3, -0.25) is 9.97 Å². The number of rotatable bonds is 1. The topological polar surface area (TPSA) is 100 Å². The maximum atomic E-state index is 10.7. The molecule has 4 N–H and O–H groups in total. The van der Waals surface area contributed by atoms with Crippen LogP contribution in [0.3, 0.4) is 0 Å². The maximum absolute atomic E-state index is 10.7. The zero-order valence-corrected chi connectivity index (χ0v) is 6.61. The van der Waals surface area contributed by atoms with Crippen molar-refractivity contribution in [1.82, 2.24) is 20.2 Å². The van der Waals surface area contributed by atoms with E-state index in [9.17, 15) is 4.79 Å². The molecule has 2 aromatic rings. The van der Waals surface area contributed by atoms with E-state index in [2.05, 4.69) is 20.2 Å². The largest absolute Gasteiger partial charge is 0.397 e. The second-order valence-corrected chi connectivity index (χ2v) is 2.53. The molecular weight excluding hydrogens is 170 g/mol. The predicted molar refractivity (Wildman–Crippen MR) is 46.9 cm³/mol. The standard InChI is InChI=1S/C7H7N5O/c8-5-1-4(2-9-3-5)6-10-7(13)12-11-6/h1-3H,8H2,(H2,10,11,12,13). The second-order valence-electron chi connectivity index (χ2n) is 2.53. The van der Waals surface area contributed by atoms with Crippen molar-refractivity contribution in [2.24, 2.45) is 0 Å². The summed E-state index contributed by atoms with van der Waals surface area (Å²) in [6.07, 6.45) is 3.09. The van der Waals surface area contributed by atoms with Crippen LogP contribution in [-0.4, -0.2) is 20.2 Å². The van der Waals surface area contributed by atoms with E-state index < -0.39 is 0 Å². The van der Waals surface area contributed by atoms with E-state index in [4.69, 9.17) is 5.73 Å². The molecule has 6 nitrogen and oxygen atoms in total. The minimum Gasteiger partial charge on any atom is -0.397 e. The monoisotopic (exact) mass is 177 g/mol. The SMILES string of the molecule is Nc1cncc(-c2n[nH]c(=O)[nH]2)c1. The molecule has 2 heterocycles. The summed E-state index contributed by atoms with van der Waals surface area (Å²) in [7, 11) is 0. The van der Waals surface area contributed by atoms with Crippen LogP contribution in [0.2, 0.25) is 0 Å². The van der Waals surface area contributed by atoms with Gasteiger partial charge in [0.25, 0.3) is 0 Å². The molecule has 6 heteroatoms. The third-order valence-corrected chi connectivity index (χ3v) is 1.53. The van der Waals surface area contributed by atoms with E-state index in [0.29, 0.717) is 17.1 Å². The minimum absolute atomic E-state index is 0.350. The number of nitrogen functional groups attached to an aromatic ring is 1. The molecule has 0 aromatic carbocycles. The van der Waals surface area contributed by atoms with Crippen molar-refractivity contribution in [1.29, 1.82) is 0 Å². The number of nitrogens with two attached hydrogens (primary N) is 1. The van der Waals surface area contributed by atoms with Gasteiger partial charge in [-0.25, -0.2) is 9.89 Å². The number of H-pyrrole nitrogens is 2. The molecule has 0 atom stereocenters. The smallest absolute Gasteiger partial charge is 0.340 e. The van der Waals surface area contributed by atoms with Gasteiger partial charge in [0.15, 0.2) is 5.82 Å². The van der Waals surface area contributed by atoms with Crippen LogP contribution < -0.4 is 11.4 Å². The Kier molecular flexibility index (Phi) is 1.59. The van der Waals surface area contributed by atoms with Gasteiger partial charge < -0.3 is 5.73 Å². The fourth-order valence-electron chi connectivity index (χ4n) is 0.994. The fraction of sp³-hybridized carbons (Fsp3) is 0. The number of nitrogens with one attached hydrogen (secondary N) is 2. The summed E-state index contributed by atoms with van der Waals surface area (Å²) in [5.74, 6) is 0.435. The molecule has 2 rings (SSSR count). The summed E-state index contributed by atoms with van der Waals surface area (Å²) >= 11 is 0. The molecule has 0 amide bonds. The van der Waals surface area contributed by atoms with Crippen molar-refractivity contribution in [2.75, 3.05) is 5.73 Å². The average molecular weight is 177 g/mol.